The first-order valence-corrected chi connectivity index (χ1v) is 6.78. The van der Waals surface area contributed by atoms with Crippen molar-refractivity contribution in [3.05, 3.63) is 18.2 Å². The molecule has 1 saturated carbocycles. The summed E-state index contributed by atoms with van der Waals surface area (Å²) in [7, 11) is -3.81. The van der Waals surface area contributed by atoms with Crippen LogP contribution < -0.4 is 16.2 Å². The largest absolute Gasteiger partial charge is 0.396 e. The summed E-state index contributed by atoms with van der Waals surface area (Å²) in [6, 6.07) is 4.76. The zero-order valence-corrected chi connectivity index (χ0v) is 9.94. The predicted molar refractivity (Wildman–Crippen MR) is 64.9 cm³/mol. The first kappa shape index (κ1) is 12.2. The number of hydrogen-bond acceptors (Lipinski definition) is 5. The van der Waals surface area contributed by atoms with E-state index in [0.717, 1.165) is 0 Å². The second-order valence-corrected chi connectivity index (χ2v) is 5.76. The van der Waals surface area contributed by atoms with Crippen LogP contribution in [-0.2, 0) is 10.0 Å². The first-order chi connectivity index (χ1) is 7.88. The third-order valence-electron chi connectivity index (χ3n) is 2.85. The summed E-state index contributed by atoms with van der Waals surface area (Å²) in [5.41, 5.74) is 6.40. The van der Waals surface area contributed by atoms with Gasteiger partial charge >= 0.3 is 0 Å². The van der Waals surface area contributed by atoms with Crippen molar-refractivity contribution in [3.63, 3.8) is 0 Å². The average Bonchev–Trinajstić information content (AvgIpc) is 2.16. The Labute approximate surface area is 99.7 Å². The molecule has 0 aliphatic heterocycles. The number of aliphatic hydroxyl groups excluding tert-OH is 1. The van der Waals surface area contributed by atoms with E-state index in [1.165, 1.54) is 6.07 Å². The van der Waals surface area contributed by atoms with Gasteiger partial charge < -0.3 is 16.2 Å². The number of benzene rings is 1. The smallest absolute Gasteiger partial charge is 0.240 e. The van der Waals surface area contributed by atoms with Crippen molar-refractivity contribution >= 4 is 21.4 Å². The molecule has 1 aromatic rings. The van der Waals surface area contributed by atoms with E-state index in [4.69, 9.17) is 16.0 Å². The molecule has 6 nitrogen and oxygen atoms in total. The van der Waals surface area contributed by atoms with Gasteiger partial charge in [0.1, 0.15) is 4.90 Å². The van der Waals surface area contributed by atoms with Crippen molar-refractivity contribution in [3.8, 4) is 0 Å². The van der Waals surface area contributed by atoms with Crippen LogP contribution in [0.5, 0.6) is 0 Å². The highest BCUT2D eigenvalue weighted by atomic mass is 32.2. The van der Waals surface area contributed by atoms with Gasteiger partial charge in [-0.25, -0.2) is 13.6 Å². The minimum Gasteiger partial charge on any atom is -0.396 e. The van der Waals surface area contributed by atoms with E-state index in [-0.39, 0.29) is 22.7 Å². The Morgan fingerprint density at radius 3 is 2.53 bits per heavy atom. The quantitative estimate of drug-likeness (QED) is 0.562. The number of nitrogens with two attached hydrogens (primary N) is 2. The number of anilines is 2. The number of nitrogens with one attached hydrogen (secondary N) is 1. The van der Waals surface area contributed by atoms with Gasteiger partial charge in [0.25, 0.3) is 0 Å². The lowest BCUT2D eigenvalue weighted by Crippen LogP contribution is -2.39. The third-order valence-corrected chi connectivity index (χ3v) is 3.81. The molecule has 1 aliphatic rings. The molecule has 17 heavy (non-hydrogen) atoms. The molecule has 1 fully saturated rings. The van der Waals surface area contributed by atoms with E-state index in [9.17, 15) is 8.42 Å². The number of rotatable bonds is 3. The van der Waals surface area contributed by atoms with Gasteiger partial charge in [-0.1, -0.05) is 6.07 Å². The van der Waals surface area contributed by atoms with Gasteiger partial charge in [-0.3, -0.25) is 0 Å². The van der Waals surface area contributed by atoms with Crippen LogP contribution in [0.4, 0.5) is 11.4 Å². The van der Waals surface area contributed by atoms with Crippen molar-refractivity contribution in [2.24, 2.45) is 5.14 Å². The molecule has 0 unspecified atom stereocenters. The van der Waals surface area contributed by atoms with Crippen LogP contribution >= 0.6 is 0 Å². The fraction of sp³-hybridized carbons (Fsp3) is 0.400. The van der Waals surface area contributed by atoms with E-state index in [0.29, 0.717) is 18.5 Å². The van der Waals surface area contributed by atoms with E-state index < -0.39 is 10.0 Å². The van der Waals surface area contributed by atoms with Crippen LogP contribution in [0.15, 0.2) is 23.1 Å². The van der Waals surface area contributed by atoms with Gasteiger partial charge in [-0.15, -0.1) is 0 Å². The molecule has 0 amide bonds. The molecule has 6 N–H and O–H groups in total. The molecule has 0 saturated heterocycles. The van der Waals surface area contributed by atoms with Crippen LogP contribution in [0.25, 0.3) is 0 Å². The number of nitrogen functional groups attached to an aromatic ring is 1. The topological polar surface area (TPSA) is 118 Å². The van der Waals surface area contributed by atoms with Gasteiger partial charge in [0.2, 0.25) is 10.0 Å². The number of sulfonamides is 1. The second-order valence-electron chi connectivity index (χ2n) is 4.23. The van der Waals surface area contributed by atoms with Gasteiger partial charge in [-0.05, 0) is 25.0 Å². The van der Waals surface area contributed by atoms with Crippen molar-refractivity contribution in [2.75, 3.05) is 11.1 Å². The normalized spacial score (nSPS) is 24.1. The predicted octanol–water partition coefficient (Wildman–Crippen LogP) is -0.149. The van der Waals surface area contributed by atoms with Crippen LogP contribution in [0, 0.1) is 0 Å². The SMILES string of the molecule is Nc1c(NC2CC(O)C2)cccc1S(N)(=O)=O. The molecule has 1 aliphatic carbocycles. The summed E-state index contributed by atoms with van der Waals surface area (Å²) in [6.07, 6.45) is 0.994. The molecule has 0 aromatic heterocycles. The van der Waals surface area contributed by atoms with Gasteiger partial charge in [0.15, 0.2) is 0 Å². The lowest BCUT2D eigenvalue weighted by molar-refractivity contribution is 0.0837. The molecule has 0 spiro atoms. The van der Waals surface area contributed by atoms with Crippen molar-refractivity contribution in [1.82, 2.24) is 0 Å². The Balaban J connectivity index is 2.24. The Morgan fingerprint density at radius 1 is 1.35 bits per heavy atom. The van der Waals surface area contributed by atoms with E-state index in [1.807, 2.05) is 0 Å². The molecule has 0 heterocycles. The van der Waals surface area contributed by atoms with E-state index >= 15 is 0 Å². The highest BCUT2D eigenvalue weighted by molar-refractivity contribution is 7.89. The Hall–Kier alpha value is -1.31. The molecular weight excluding hydrogens is 242 g/mol. The number of primary sulfonamides is 1. The van der Waals surface area contributed by atoms with E-state index in [1.54, 1.807) is 12.1 Å². The van der Waals surface area contributed by atoms with E-state index in [2.05, 4.69) is 5.32 Å². The summed E-state index contributed by atoms with van der Waals surface area (Å²) in [5.74, 6) is 0. The lowest BCUT2D eigenvalue weighted by atomic mass is 9.89. The standard InChI is InChI=1S/C10H15N3O3S/c11-10-8(13-6-4-7(14)5-6)2-1-3-9(10)17(12,15)16/h1-3,6-7,13-14H,4-5,11H2,(H2,12,15,16). The monoisotopic (exact) mass is 257 g/mol. The van der Waals surface area contributed by atoms with Gasteiger partial charge in [-0.2, -0.15) is 0 Å². The number of aliphatic hydroxyl groups is 1. The minimum absolute atomic E-state index is 0.0811. The maximum Gasteiger partial charge on any atom is 0.240 e. The highest BCUT2D eigenvalue weighted by Gasteiger charge is 2.27. The Morgan fingerprint density at radius 2 is 2.00 bits per heavy atom. The zero-order valence-electron chi connectivity index (χ0n) is 9.13. The molecule has 7 heteroatoms. The second kappa shape index (κ2) is 4.17. The molecule has 1 aromatic carbocycles. The van der Waals surface area contributed by atoms with Crippen LogP contribution in [0.2, 0.25) is 0 Å². The maximum atomic E-state index is 11.3. The third kappa shape index (κ3) is 2.51. The molecule has 94 valence electrons. The summed E-state index contributed by atoms with van der Waals surface area (Å²) in [6.45, 7) is 0. The fourth-order valence-electron chi connectivity index (χ4n) is 1.84. The van der Waals surface area contributed by atoms with Crippen molar-refractivity contribution in [2.45, 2.75) is 29.9 Å². The molecule has 0 bridgehead atoms. The number of para-hydroxylation sites is 1. The van der Waals surface area contributed by atoms with Crippen molar-refractivity contribution < 1.29 is 13.5 Å². The number of hydrogen-bond donors (Lipinski definition) is 4. The lowest BCUT2D eigenvalue weighted by Gasteiger charge is -2.33. The zero-order chi connectivity index (χ0) is 12.6. The summed E-state index contributed by atoms with van der Waals surface area (Å²) in [5, 5.41) is 17.3. The van der Waals surface area contributed by atoms with Crippen LogP contribution in [-0.4, -0.2) is 25.7 Å². The van der Waals surface area contributed by atoms with Crippen LogP contribution in [0.3, 0.4) is 0 Å². The minimum atomic E-state index is -3.81. The Bertz CT molecular complexity index is 524. The van der Waals surface area contributed by atoms with Gasteiger partial charge in [0.05, 0.1) is 17.5 Å². The summed E-state index contributed by atoms with van der Waals surface area (Å²) < 4.78 is 22.5. The average molecular weight is 257 g/mol. The summed E-state index contributed by atoms with van der Waals surface area (Å²) in [4.78, 5) is -0.0811. The highest BCUT2D eigenvalue weighted by Crippen LogP contribution is 2.30. The molecule has 0 atom stereocenters. The maximum absolute atomic E-state index is 11.3. The molecule has 0 radical (unpaired) electrons. The summed E-state index contributed by atoms with van der Waals surface area (Å²) >= 11 is 0. The van der Waals surface area contributed by atoms with Crippen LogP contribution in [0.1, 0.15) is 12.8 Å². The molecule has 2 rings (SSSR count). The Kier molecular flexibility index (Phi) is 2.98. The van der Waals surface area contributed by atoms with Gasteiger partial charge in [0, 0.05) is 6.04 Å². The fourth-order valence-corrected chi connectivity index (χ4v) is 2.53. The first-order valence-electron chi connectivity index (χ1n) is 5.24. The van der Waals surface area contributed by atoms with Crippen molar-refractivity contribution in [1.29, 1.82) is 0 Å². The molecular formula is C10H15N3O3S.